The molecule has 0 saturated heterocycles. The van der Waals surface area contributed by atoms with E-state index in [2.05, 4.69) is 51.5 Å². The smallest absolute Gasteiger partial charge is 0.117 e. The van der Waals surface area contributed by atoms with E-state index in [9.17, 15) is 0 Å². The molecule has 0 bridgehead atoms. The molecule has 0 aliphatic rings. The summed E-state index contributed by atoms with van der Waals surface area (Å²) in [5.74, 6) is 0.983. The molecule has 0 saturated carbocycles. The second-order valence-electron chi connectivity index (χ2n) is 4.63. The zero-order valence-corrected chi connectivity index (χ0v) is 13.3. The summed E-state index contributed by atoms with van der Waals surface area (Å²) in [6, 6.07) is 3.92. The van der Waals surface area contributed by atoms with Gasteiger partial charge >= 0.3 is 0 Å². The fourth-order valence-electron chi connectivity index (χ4n) is 2.15. The number of rotatable bonds is 6. The lowest BCUT2D eigenvalue weighted by Gasteiger charge is -2.16. The highest BCUT2D eigenvalue weighted by Gasteiger charge is 2.15. The maximum Gasteiger partial charge on any atom is 0.117 e. The van der Waals surface area contributed by atoms with Crippen LogP contribution < -0.4 is 0 Å². The summed E-state index contributed by atoms with van der Waals surface area (Å²) in [5.41, 5.74) is 2.36. The van der Waals surface area contributed by atoms with Crippen LogP contribution in [-0.2, 0) is 26.1 Å². The van der Waals surface area contributed by atoms with Gasteiger partial charge in [0.15, 0.2) is 0 Å². The normalized spacial score (nSPS) is 11.4. The van der Waals surface area contributed by atoms with Gasteiger partial charge in [0.05, 0.1) is 28.7 Å². The molecule has 0 aromatic carbocycles. The lowest BCUT2D eigenvalue weighted by Crippen LogP contribution is -2.19. The van der Waals surface area contributed by atoms with Gasteiger partial charge in [0.1, 0.15) is 5.76 Å². The van der Waals surface area contributed by atoms with Crippen LogP contribution in [0.4, 0.5) is 0 Å². The van der Waals surface area contributed by atoms with E-state index in [0.29, 0.717) is 0 Å². The highest BCUT2D eigenvalue weighted by molar-refractivity contribution is 9.10. The maximum atomic E-state index is 5.38. The van der Waals surface area contributed by atoms with Crippen LogP contribution in [0.1, 0.15) is 31.0 Å². The van der Waals surface area contributed by atoms with E-state index in [1.807, 2.05) is 12.1 Å². The molecule has 2 aromatic rings. The summed E-state index contributed by atoms with van der Waals surface area (Å²) in [6.45, 7) is 6.79. The first-order valence-corrected chi connectivity index (χ1v) is 7.40. The van der Waals surface area contributed by atoms with E-state index in [1.165, 1.54) is 5.69 Å². The molecule has 0 amide bonds. The molecule has 2 heterocycles. The fourth-order valence-corrected chi connectivity index (χ4v) is 2.84. The third-order valence-electron chi connectivity index (χ3n) is 3.12. The van der Waals surface area contributed by atoms with Gasteiger partial charge in [-0.2, -0.15) is 5.10 Å². The van der Waals surface area contributed by atoms with Crippen LogP contribution in [0.3, 0.4) is 0 Å². The molecule has 0 N–H and O–H groups in total. The average molecular weight is 326 g/mol. The van der Waals surface area contributed by atoms with Crippen LogP contribution in [0.2, 0.25) is 0 Å². The van der Waals surface area contributed by atoms with E-state index < -0.39 is 0 Å². The summed E-state index contributed by atoms with van der Waals surface area (Å²) >= 11 is 3.68. The van der Waals surface area contributed by atoms with Gasteiger partial charge < -0.3 is 4.42 Å². The second-order valence-corrected chi connectivity index (χ2v) is 5.42. The van der Waals surface area contributed by atoms with Crippen molar-refractivity contribution in [2.45, 2.75) is 39.9 Å². The Bertz CT molecular complexity index is 519. The molecule has 0 fully saturated rings. The largest absolute Gasteiger partial charge is 0.468 e. The molecule has 19 heavy (non-hydrogen) atoms. The number of furan rings is 1. The van der Waals surface area contributed by atoms with Gasteiger partial charge in [-0.15, -0.1) is 0 Å². The molecule has 0 atom stereocenters. The number of hydrogen-bond acceptors (Lipinski definition) is 3. The molecule has 5 heteroatoms. The minimum absolute atomic E-state index is 0.801. The topological polar surface area (TPSA) is 34.2 Å². The third kappa shape index (κ3) is 3.28. The monoisotopic (exact) mass is 325 g/mol. The molecule has 104 valence electrons. The third-order valence-corrected chi connectivity index (χ3v) is 4.04. The first kappa shape index (κ1) is 14.3. The highest BCUT2D eigenvalue weighted by atomic mass is 79.9. The number of hydrogen-bond donors (Lipinski definition) is 0. The van der Waals surface area contributed by atoms with Crippen molar-refractivity contribution >= 4 is 15.9 Å². The summed E-state index contributed by atoms with van der Waals surface area (Å²) in [7, 11) is 2.09. The molecule has 0 aliphatic heterocycles. The van der Waals surface area contributed by atoms with Crippen LogP contribution >= 0.6 is 15.9 Å². The van der Waals surface area contributed by atoms with Gasteiger partial charge in [-0.3, -0.25) is 9.58 Å². The Kier molecular flexibility index (Phi) is 4.82. The predicted octanol–water partition coefficient (Wildman–Crippen LogP) is 3.45. The van der Waals surface area contributed by atoms with Gasteiger partial charge in [0.25, 0.3) is 0 Å². The van der Waals surface area contributed by atoms with E-state index in [-0.39, 0.29) is 0 Å². The Morgan fingerprint density at radius 2 is 2.16 bits per heavy atom. The van der Waals surface area contributed by atoms with Gasteiger partial charge in [0.2, 0.25) is 0 Å². The minimum Gasteiger partial charge on any atom is -0.468 e. The second kappa shape index (κ2) is 6.39. The highest BCUT2D eigenvalue weighted by Crippen LogP contribution is 2.23. The molecule has 2 rings (SSSR count). The van der Waals surface area contributed by atoms with Gasteiger partial charge in [0, 0.05) is 13.1 Å². The predicted molar refractivity (Wildman–Crippen MR) is 78.9 cm³/mol. The minimum atomic E-state index is 0.801. The lowest BCUT2D eigenvalue weighted by atomic mass is 10.3. The fraction of sp³-hybridized carbons (Fsp3) is 0.500. The molecule has 0 unspecified atom stereocenters. The molecule has 2 aromatic heterocycles. The van der Waals surface area contributed by atoms with E-state index >= 15 is 0 Å². The van der Waals surface area contributed by atoms with Gasteiger partial charge in [-0.25, -0.2) is 0 Å². The van der Waals surface area contributed by atoms with Crippen molar-refractivity contribution in [2.75, 3.05) is 7.05 Å². The van der Waals surface area contributed by atoms with Crippen molar-refractivity contribution in [3.8, 4) is 0 Å². The average Bonchev–Trinajstić information content (AvgIpc) is 2.99. The Morgan fingerprint density at radius 3 is 2.74 bits per heavy atom. The van der Waals surface area contributed by atoms with Gasteiger partial charge in [-0.1, -0.05) is 6.92 Å². The Labute approximate surface area is 122 Å². The first-order valence-electron chi connectivity index (χ1n) is 6.60. The molecular weight excluding hydrogens is 306 g/mol. The summed E-state index contributed by atoms with van der Waals surface area (Å²) in [4.78, 5) is 2.23. The Balaban J connectivity index is 2.11. The molecule has 0 aliphatic carbocycles. The maximum absolute atomic E-state index is 5.38. The number of halogens is 1. The van der Waals surface area contributed by atoms with Crippen molar-refractivity contribution in [2.24, 2.45) is 0 Å². The standard InChI is InChI=1S/C14H20BrN3O/c1-4-12-14(15)13(18(5-2)16-12)10-17(3)9-11-7-6-8-19-11/h6-8H,4-5,9-10H2,1-3H3. The number of aromatic nitrogens is 2. The van der Waals surface area contributed by atoms with Crippen molar-refractivity contribution in [1.82, 2.24) is 14.7 Å². The van der Waals surface area contributed by atoms with Crippen LogP contribution in [0.15, 0.2) is 27.3 Å². The molecular formula is C14H20BrN3O. The lowest BCUT2D eigenvalue weighted by molar-refractivity contribution is 0.278. The number of aryl methyl sites for hydroxylation is 2. The van der Waals surface area contributed by atoms with Crippen LogP contribution in [0.5, 0.6) is 0 Å². The SMILES string of the molecule is CCc1nn(CC)c(CN(C)Cc2ccco2)c1Br. The summed E-state index contributed by atoms with van der Waals surface area (Å²) in [5, 5.41) is 4.62. The molecule has 0 spiro atoms. The van der Waals surface area contributed by atoms with Crippen LogP contribution in [-0.4, -0.2) is 21.7 Å². The van der Waals surface area contributed by atoms with Crippen molar-refractivity contribution < 1.29 is 4.42 Å². The molecule has 0 radical (unpaired) electrons. The van der Waals surface area contributed by atoms with Crippen LogP contribution in [0.25, 0.3) is 0 Å². The van der Waals surface area contributed by atoms with Gasteiger partial charge in [-0.05, 0) is 48.5 Å². The van der Waals surface area contributed by atoms with E-state index in [0.717, 1.165) is 42.0 Å². The quantitative estimate of drug-likeness (QED) is 0.815. The molecule has 4 nitrogen and oxygen atoms in total. The van der Waals surface area contributed by atoms with E-state index in [1.54, 1.807) is 6.26 Å². The summed E-state index contributed by atoms with van der Waals surface area (Å²) < 4.78 is 8.59. The van der Waals surface area contributed by atoms with E-state index in [4.69, 9.17) is 4.42 Å². The van der Waals surface area contributed by atoms with Crippen LogP contribution in [0, 0.1) is 0 Å². The van der Waals surface area contributed by atoms with Crippen molar-refractivity contribution in [1.29, 1.82) is 0 Å². The summed E-state index contributed by atoms with van der Waals surface area (Å²) in [6.07, 6.45) is 2.66. The number of nitrogens with zero attached hydrogens (tertiary/aromatic N) is 3. The Hall–Kier alpha value is -1.07. The zero-order chi connectivity index (χ0) is 13.8. The van der Waals surface area contributed by atoms with Crippen molar-refractivity contribution in [3.05, 3.63) is 40.0 Å². The first-order chi connectivity index (χ1) is 9.15. The Morgan fingerprint density at radius 1 is 1.37 bits per heavy atom. The zero-order valence-electron chi connectivity index (χ0n) is 11.7. The van der Waals surface area contributed by atoms with Crippen molar-refractivity contribution in [3.63, 3.8) is 0 Å².